The van der Waals surface area contributed by atoms with Crippen LogP contribution in [0.15, 0.2) is 22.7 Å². The molecule has 0 radical (unpaired) electrons. The Hall–Kier alpha value is -0.590. The van der Waals surface area contributed by atoms with Crippen LogP contribution in [0, 0.1) is 5.82 Å². The zero-order valence-electron chi connectivity index (χ0n) is 10.2. The Balaban J connectivity index is 2.94. The van der Waals surface area contributed by atoms with Crippen LogP contribution < -0.4 is 11.1 Å². The summed E-state index contributed by atoms with van der Waals surface area (Å²) in [7, 11) is 0. The molecule has 0 aliphatic carbocycles. The molecule has 1 aromatic carbocycles. The van der Waals surface area contributed by atoms with Gasteiger partial charge in [-0.2, -0.15) is 11.8 Å². The van der Waals surface area contributed by atoms with Crippen molar-refractivity contribution in [1.29, 1.82) is 0 Å². The van der Waals surface area contributed by atoms with E-state index in [1.807, 2.05) is 13.2 Å². The molecule has 0 unspecified atom stereocenters. The number of nitrogens with two attached hydrogens (primary N) is 1. The maximum atomic E-state index is 13.8. The Labute approximate surface area is 119 Å². The van der Waals surface area contributed by atoms with Gasteiger partial charge >= 0.3 is 0 Å². The first kappa shape index (κ1) is 15.5. The third-order valence-electron chi connectivity index (χ3n) is 2.43. The van der Waals surface area contributed by atoms with Gasteiger partial charge in [-0.25, -0.2) is 4.39 Å². The van der Waals surface area contributed by atoms with E-state index >= 15 is 0 Å². The second-order valence-corrected chi connectivity index (χ2v) is 5.85. The molecule has 18 heavy (non-hydrogen) atoms. The molecular weight excluding hydrogens is 319 g/mol. The molecule has 0 aliphatic heterocycles. The fourth-order valence-corrected chi connectivity index (χ4v) is 2.57. The number of carbonyl (C=O) groups excluding carboxylic acids is 1. The fraction of sp³-hybridized carbons (Fsp3) is 0.417. The Morgan fingerprint density at radius 3 is 2.78 bits per heavy atom. The van der Waals surface area contributed by atoms with Crippen molar-refractivity contribution in [2.75, 3.05) is 12.0 Å². The Morgan fingerprint density at radius 2 is 2.28 bits per heavy atom. The SMILES string of the molecule is CSC[C@@H](C)N[C@H](C(N)=O)c1ccc(Br)cc1F. The number of thioether (sulfide) groups is 1. The number of rotatable bonds is 6. The summed E-state index contributed by atoms with van der Waals surface area (Å²) in [5, 5.41) is 3.04. The van der Waals surface area contributed by atoms with Crippen LogP contribution in [-0.2, 0) is 4.79 Å². The number of primary amides is 1. The minimum Gasteiger partial charge on any atom is -0.368 e. The van der Waals surface area contributed by atoms with Crippen LogP contribution in [0.1, 0.15) is 18.5 Å². The predicted molar refractivity (Wildman–Crippen MR) is 77.0 cm³/mol. The quantitative estimate of drug-likeness (QED) is 0.840. The minimum atomic E-state index is -0.805. The average Bonchev–Trinajstić information content (AvgIpc) is 2.27. The van der Waals surface area contributed by atoms with Gasteiger partial charge < -0.3 is 5.73 Å². The second kappa shape index (κ2) is 7.11. The van der Waals surface area contributed by atoms with Gasteiger partial charge in [-0.3, -0.25) is 10.1 Å². The van der Waals surface area contributed by atoms with E-state index in [9.17, 15) is 9.18 Å². The van der Waals surface area contributed by atoms with Gasteiger partial charge in [-0.15, -0.1) is 0 Å². The van der Waals surface area contributed by atoms with Gasteiger partial charge in [0.25, 0.3) is 0 Å². The first-order valence-corrected chi connectivity index (χ1v) is 7.63. The molecule has 0 aromatic heterocycles. The Morgan fingerprint density at radius 1 is 1.61 bits per heavy atom. The van der Waals surface area contributed by atoms with E-state index in [4.69, 9.17) is 5.73 Å². The first-order chi connectivity index (χ1) is 8.45. The molecule has 0 saturated heterocycles. The molecule has 0 saturated carbocycles. The van der Waals surface area contributed by atoms with Gasteiger partial charge in [-0.05, 0) is 25.3 Å². The maximum Gasteiger partial charge on any atom is 0.239 e. The lowest BCUT2D eigenvalue weighted by atomic mass is 10.0. The average molecular weight is 335 g/mol. The summed E-state index contributed by atoms with van der Waals surface area (Å²) in [6, 6.07) is 3.84. The van der Waals surface area contributed by atoms with Crippen LogP contribution in [-0.4, -0.2) is 24.0 Å². The van der Waals surface area contributed by atoms with E-state index in [-0.39, 0.29) is 11.6 Å². The number of carbonyl (C=O) groups is 1. The van der Waals surface area contributed by atoms with Gasteiger partial charge in [-0.1, -0.05) is 22.0 Å². The molecular formula is C12H16BrFN2OS. The molecule has 6 heteroatoms. The molecule has 1 amide bonds. The standard InChI is InChI=1S/C12H16BrFN2OS/c1-7(6-18-2)16-11(12(15)17)9-4-3-8(13)5-10(9)14/h3-5,7,11,16H,6H2,1-2H3,(H2,15,17)/t7-,11+/m1/s1. The monoisotopic (exact) mass is 334 g/mol. The van der Waals surface area contributed by atoms with Gasteiger partial charge in [0.2, 0.25) is 5.91 Å². The lowest BCUT2D eigenvalue weighted by Crippen LogP contribution is -2.40. The van der Waals surface area contributed by atoms with E-state index < -0.39 is 17.8 Å². The third kappa shape index (κ3) is 4.26. The molecule has 3 nitrogen and oxygen atoms in total. The lowest BCUT2D eigenvalue weighted by Gasteiger charge is -2.21. The van der Waals surface area contributed by atoms with Crippen LogP contribution in [0.2, 0.25) is 0 Å². The van der Waals surface area contributed by atoms with Crippen molar-refractivity contribution in [1.82, 2.24) is 5.32 Å². The number of hydrogen-bond donors (Lipinski definition) is 2. The molecule has 1 rings (SSSR count). The van der Waals surface area contributed by atoms with Crippen LogP contribution in [0.25, 0.3) is 0 Å². The van der Waals surface area contributed by atoms with Crippen molar-refractivity contribution in [3.63, 3.8) is 0 Å². The molecule has 0 bridgehead atoms. The summed E-state index contributed by atoms with van der Waals surface area (Å²) in [5.41, 5.74) is 5.61. The van der Waals surface area contributed by atoms with Crippen LogP contribution in [0.4, 0.5) is 4.39 Å². The molecule has 0 aliphatic rings. The van der Waals surface area contributed by atoms with Crippen molar-refractivity contribution in [2.45, 2.75) is 19.0 Å². The third-order valence-corrected chi connectivity index (χ3v) is 3.75. The van der Waals surface area contributed by atoms with E-state index in [0.717, 1.165) is 5.75 Å². The summed E-state index contributed by atoms with van der Waals surface area (Å²) in [5.74, 6) is -0.205. The highest BCUT2D eigenvalue weighted by atomic mass is 79.9. The fourth-order valence-electron chi connectivity index (χ4n) is 1.64. The van der Waals surface area contributed by atoms with Crippen molar-refractivity contribution in [2.24, 2.45) is 5.73 Å². The van der Waals surface area contributed by atoms with Gasteiger partial charge in [0.05, 0.1) is 0 Å². The van der Waals surface area contributed by atoms with Crippen molar-refractivity contribution < 1.29 is 9.18 Å². The highest BCUT2D eigenvalue weighted by Gasteiger charge is 2.22. The van der Waals surface area contributed by atoms with Crippen LogP contribution >= 0.6 is 27.7 Å². The first-order valence-electron chi connectivity index (χ1n) is 5.45. The molecule has 2 atom stereocenters. The van der Waals surface area contributed by atoms with Gasteiger partial charge in [0, 0.05) is 21.8 Å². The maximum absolute atomic E-state index is 13.8. The summed E-state index contributed by atoms with van der Waals surface area (Å²) in [6.45, 7) is 1.93. The van der Waals surface area contributed by atoms with E-state index in [2.05, 4.69) is 21.2 Å². The van der Waals surface area contributed by atoms with E-state index in [1.54, 1.807) is 23.9 Å². The minimum absolute atomic E-state index is 0.0700. The lowest BCUT2D eigenvalue weighted by molar-refractivity contribution is -0.120. The Bertz CT molecular complexity index is 431. The number of nitrogens with one attached hydrogen (secondary N) is 1. The van der Waals surface area contributed by atoms with E-state index in [1.165, 1.54) is 6.07 Å². The Kier molecular flexibility index (Phi) is 6.11. The highest BCUT2D eigenvalue weighted by molar-refractivity contribution is 9.10. The topological polar surface area (TPSA) is 55.1 Å². The number of amides is 1. The summed E-state index contributed by atoms with van der Waals surface area (Å²) < 4.78 is 14.4. The van der Waals surface area contributed by atoms with E-state index in [0.29, 0.717) is 4.47 Å². The summed E-state index contributed by atoms with van der Waals surface area (Å²) in [6.07, 6.45) is 1.97. The zero-order valence-corrected chi connectivity index (χ0v) is 12.6. The van der Waals surface area contributed by atoms with Crippen molar-refractivity contribution in [3.8, 4) is 0 Å². The molecule has 0 heterocycles. The number of benzene rings is 1. The van der Waals surface area contributed by atoms with Gasteiger partial charge in [0.1, 0.15) is 11.9 Å². The number of halogens is 2. The summed E-state index contributed by atoms with van der Waals surface area (Å²) in [4.78, 5) is 11.5. The second-order valence-electron chi connectivity index (χ2n) is 4.02. The summed E-state index contributed by atoms with van der Waals surface area (Å²) >= 11 is 4.83. The normalized spacial score (nSPS) is 14.2. The molecule has 100 valence electrons. The molecule has 0 fully saturated rings. The zero-order chi connectivity index (χ0) is 13.7. The van der Waals surface area contributed by atoms with Crippen LogP contribution in [0.5, 0.6) is 0 Å². The molecule has 1 aromatic rings. The predicted octanol–water partition coefficient (Wildman–Crippen LogP) is 2.46. The van der Waals surface area contributed by atoms with Crippen LogP contribution in [0.3, 0.4) is 0 Å². The number of hydrogen-bond acceptors (Lipinski definition) is 3. The van der Waals surface area contributed by atoms with Gasteiger partial charge in [0.15, 0.2) is 0 Å². The smallest absolute Gasteiger partial charge is 0.239 e. The highest BCUT2D eigenvalue weighted by Crippen LogP contribution is 2.21. The molecule has 3 N–H and O–H groups in total. The van der Waals surface area contributed by atoms with Crippen molar-refractivity contribution >= 4 is 33.6 Å². The molecule has 0 spiro atoms. The largest absolute Gasteiger partial charge is 0.368 e. The van der Waals surface area contributed by atoms with Crippen molar-refractivity contribution in [3.05, 3.63) is 34.1 Å².